The van der Waals surface area contributed by atoms with E-state index in [1.807, 2.05) is 36.4 Å². The minimum atomic E-state index is 0.107. The first-order valence-corrected chi connectivity index (χ1v) is 8.87. The number of para-hydroxylation sites is 1. The van der Waals surface area contributed by atoms with Crippen molar-refractivity contribution in [3.05, 3.63) is 102 Å². The molecule has 26 heavy (non-hydrogen) atoms. The largest absolute Gasteiger partial charge is 0.294 e. The molecule has 0 amide bonds. The van der Waals surface area contributed by atoms with Crippen LogP contribution in [0.25, 0.3) is 22.0 Å². The molecule has 0 radical (unpaired) electrons. The van der Waals surface area contributed by atoms with Crippen LogP contribution in [0.3, 0.4) is 0 Å². The summed E-state index contributed by atoms with van der Waals surface area (Å²) in [6, 6.07) is 27.1. The zero-order valence-corrected chi connectivity index (χ0v) is 14.2. The van der Waals surface area contributed by atoms with Crippen molar-refractivity contribution in [1.29, 1.82) is 0 Å². The zero-order valence-electron chi connectivity index (χ0n) is 14.2. The number of fused-ring (bicyclic) bond motifs is 3. The maximum atomic E-state index is 12.5. The molecule has 1 unspecified atom stereocenters. The van der Waals surface area contributed by atoms with E-state index in [2.05, 4.69) is 47.4 Å². The average molecular weight is 335 g/mol. The molecule has 2 nitrogen and oxygen atoms in total. The molecule has 1 aliphatic rings. The van der Waals surface area contributed by atoms with E-state index in [4.69, 9.17) is 0 Å². The number of rotatable bonds is 2. The molecule has 0 bridgehead atoms. The fourth-order valence-corrected chi connectivity index (χ4v) is 3.98. The first-order valence-electron chi connectivity index (χ1n) is 8.87. The van der Waals surface area contributed by atoms with E-state index in [1.165, 1.54) is 16.7 Å². The van der Waals surface area contributed by atoms with Gasteiger partial charge in [0.2, 0.25) is 0 Å². The van der Waals surface area contributed by atoms with Gasteiger partial charge in [0, 0.05) is 29.5 Å². The number of hydrogen-bond donors (Lipinski definition) is 0. The highest BCUT2D eigenvalue weighted by molar-refractivity contribution is 6.06. The van der Waals surface area contributed by atoms with Crippen molar-refractivity contribution in [3.8, 4) is 11.1 Å². The second-order valence-electron chi connectivity index (χ2n) is 6.77. The molecule has 0 aliphatic heterocycles. The van der Waals surface area contributed by atoms with Gasteiger partial charge in [-0.2, -0.15) is 0 Å². The van der Waals surface area contributed by atoms with Gasteiger partial charge < -0.3 is 0 Å². The fraction of sp³-hybridized carbons (Fsp3) is 0.0833. The van der Waals surface area contributed by atoms with Gasteiger partial charge in [0.1, 0.15) is 0 Å². The van der Waals surface area contributed by atoms with Gasteiger partial charge in [-0.25, -0.2) is 0 Å². The minimum absolute atomic E-state index is 0.107. The standard InChI is InChI=1S/C24H17NO/c26-23-14-20(24-19-8-4-5-9-22(19)25-15-21(23)24)18-12-10-17(11-13-18)16-6-2-1-3-7-16/h1-13,15,20H,14H2. The number of pyridine rings is 1. The second-order valence-corrected chi connectivity index (χ2v) is 6.77. The van der Waals surface area contributed by atoms with E-state index in [0.717, 1.165) is 22.0 Å². The minimum Gasteiger partial charge on any atom is -0.294 e. The Balaban J connectivity index is 1.61. The average Bonchev–Trinajstić information content (AvgIpc) is 3.06. The normalized spacial score (nSPS) is 16.0. The molecule has 0 spiro atoms. The smallest absolute Gasteiger partial charge is 0.165 e. The van der Waals surface area contributed by atoms with Gasteiger partial charge in [-0.15, -0.1) is 0 Å². The number of ketones is 1. The fourth-order valence-electron chi connectivity index (χ4n) is 3.98. The van der Waals surface area contributed by atoms with Gasteiger partial charge in [-0.05, 0) is 28.3 Å². The molecule has 3 aromatic carbocycles. The first kappa shape index (κ1) is 15.0. The predicted molar refractivity (Wildman–Crippen MR) is 104 cm³/mol. The number of Topliss-reactive ketones (excluding diaryl/α,β-unsaturated/α-hetero) is 1. The maximum absolute atomic E-state index is 12.5. The van der Waals surface area contributed by atoms with Crippen LogP contribution in [0.5, 0.6) is 0 Å². The SMILES string of the molecule is O=C1CC(c2ccc(-c3ccccc3)cc2)c2c1cnc1ccccc21. The Morgan fingerprint density at radius 3 is 2.27 bits per heavy atom. The molecular weight excluding hydrogens is 318 g/mol. The van der Waals surface area contributed by atoms with E-state index >= 15 is 0 Å². The van der Waals surface area contributed by atoms with Crippen molar-refractivity contribution < 1.29 is 4.79 Å². The van der Waals surface area contributed by atoms with Crippen LogP contribution in [-0.4, -0.2) is 10.8 Å². The molecule has 1 atom stereocenters. The van der Waals surface area contributed by atoms with E-state index in [-0.39, 0.29) is 11.7 Å². The predicted octanol–water partition coefficient (Wildman–Crippen LogP) is 5.62. The van der Waals surface area contributed by atoms with Crippen molar-refractivity contribution in [2.45, 2.75) is 12.3 Å². The Kier molecular flexibility index (Phi) is 3.42. The molecule has 0 saturated carbocycles. The summed E-state index contributed by atoms with van der Waals surface area (Å²) >= 11 is 0. The molecule has 0 saturated heterocycles. The van der Waals surface area contributed by atoms with Crippen LogP contribution >= 0.6 is 0 Å². The van der Waals surface area contributed by atoms with Gasteiger partial charge in [-0.1, -0.05) is 72.8 Å². The summed E-state index contributed by atoms with van der Waals surface area (Å²) in [4.78, 5) is 17.0. The van der Waals surface area contributed by atoms with Crippen LogP contribution in [0.15, 0.2) is 85.1 Å². The van der Waals surface area contributed by atoms with Gasteiger partial charge in [0.15, 0.2) is 5.78 Å². The van der Waals surface area contributed by atoms with Crippen molar-refractivity contribution in [3.63, 3.8) is 0 Å². The maximum Gasteiger partial charge on any atom is 0.165 e. The molecule has 2 heteroatoms. The van der Waals surface area contributed by atoms with Crippen LogP contribution in [0, 0.1) is 0 Å². The third-order valence-corrected chi connectivity index (χ3v) is 5.28. The van der Waals surface area contributed by atoms with Crippen molar-refractivity contribution in [1.82, 2.24) is 4.98 Å². The lowest BCUT2D eigenvalue weighted by Crippen LogP contribution is -1.98. The van der Waals surface area contributed by atoms with Crippen molar-refractivity contribution in [2.75, 3.05) is 0 Å². The molecule has 1 heterocycles. The number of aromatic nitrogens is 1. The molecule has 0 fully saturated rings. The summed E-state index contributed by atoms with van der Waals surface area (Å²) < 4.78 is 0. The highest BCUT2D eigenvalue weighted by Crippen LogP contribution is 2.41. The van der Waals surface area contributed by atoms with Gasteiger partial charge >= 0.3 is 0 Å². The summed E-state index contributed by atoms with van der Waals surface area (Å²) in [5, 5.41) is 1.09. The topological polar surface area (TPSA) is 30.0 Å². The summed E-state index contributed by atoms with van der Waals surface area (Å²) in [7, 11) is 0. The summed E-state index contributed by atoms with van der Waals surface area (Å²) in [6.45, 7) is 0. The van der Waals surface area contributed by atoms with Crippen LogP contribution in [-0.2, 0) is 0 Å². The third-order valence-electron chi connectivity index (χ3n) is 5.28. The molecule has 5 rings (SSSR count). The number of carbonyl (C=O) groups excluding carboxylic acids is 1. The van der Waals surface area contributed by atoms with Crippen LogP contribution < -0.4 is 0 Å². The number of hydrogen-bond acceptors (Lipinski definition) is 2. The van der Waals surface area contributed by atoms with E-state index in [1.54, 1.807) is 6.20 Å². The van der Waals surface area contributed by atoms with Crippen LogP contribution in [0.4, 0.5) is 0 Å². The Morgan fingerprint density at radius 2 is 1.46 bits per heavy atom. The van der Waals surface area contributed by atoms with Crippen LogP contribution in [0.1, 0.15) is 33.8 Å². The highest BCUT2D eigenvalue weighted by atomic mass is 16.1. The molecule has 124 valence electrons. The number of benzene rings is 3. The van der Waals surface area contributed by atoms with E-state index < -0.39 is 0 Å². The lowest BCUT2D eigenvalue weighted by Gasteiger charge is -2.14. The highest BCUT2D eigenvalue weighted by Gasteiger charge is 2.32. The van der Waals surface area contributed by atoms with Gasteiger partial charge in [-0.3, -0.25) is 9.78 Å². The quantitative estimate of drug-likeness (QED) is 0.476. The summed E-state index contributed by atoms with van der Waals surface area (Å²) in [6.07, 6.45) is 2.27. The molecular formula is C24H17NO. The van der Waals surface area contributed by atoms with Gasteiger partial charge in [0.05, 0.1) is 5.52 Å². The Morgan fingerprint density at radius 1 is 0.769 bits per heavy atom. The lowest BCUT2D eigenvalue weighted by molar-refractivity contribution is 0.0991. The Hall–Kier alpha value is -3.26. The monoisotopic (exact) mass is 335 g/mol. The molecule has 0 N–H and O–H groups in total. The zero-order chi connectivity index (χ0) is 17.5. The number of carbonyl (C=O) groups is 1. The first-order chi connectivity index (χ1) is 12.8. The Bertz CT molecular complexity index is 1110. The lowest BCUT2D eigenvalue weighted by atomic mass is 9.89. The van der Waals surface area contributed by atoms with E-state index in [0.29, 0.717) is 6.42 Å². The summed E-state index contributed by atoms with van der Waals surface area (Å²) in [5.41, 5.74) is 6.45. The second kappa shape index (κ2) is 5.92. The van der Waals surface area contributed by atoms with E-state index in [9.17, 15) is 4.79 Å². The van der Waals surface area contributed by atoms with Crippen molar-refractivity contribution >= 4 is 16.7 Å². The molecule has 4 aromatic rings. The van der Waals surface area contributed by atoms with Crippen LogP contribution in [0.2, 0.25) is 0 Å². The van der Waals surface area contributed by atoms with Gasteiger partial charge in [0.25, 0.3) is 0 Å². The molecule has 1 aliphatic carbocycles. The van der Waals surface area contributed by atoms with Crippen molar-refractivity contribution in [2.24, 2.45) is 0 Å². The number of nitrogens with zero attached hydrogens (tertiary/aromatic N) is 1. The third kappa shape index (κ3) is 2.34. The Labute approximate surface area is 152 Å². The summed E-state index contributed by atoms with van der Waals surface area (Å²) in [5.74, 6) is 0.297. The molecule has 1 aromatic heterocycles.